The van der Waals surface area contributed by atoms with Crippen molar-refractivity contribution in [3.8, 4) is 0 Å². The molecule has 3 rings (SSSR count). The molecule has 13 unspecified atom stereocenters. The van der Waals surface area contributed by atoms with Gasteiger partial charge in [0, 0.05) is 49.5 Å². The fourth-order valence-electron chi connectivity index (χ4n) is 7.65. The molecule has 0 amide bonds. The van der Waals surface area contributed by atoms with E-state index in [0.29, 0.717) is 57.8 Å². The monoisotopic (exact) mass is 708 g/mol. The molecular weight excluding hydrogens is 640 g/mol. The van der Waals surface area contributed by atoms with Crippen LogP contribution in [0.5, 0.6) is 0 Å². The molecular formula is C40H68O10. The molecule has 0 radical (unpaired) electrons. The van der Waals surface area contributed by atoms with E-state index in [9.17, 15) is 35.1 Å². The largest absolute Gasteiger partial charge is 0.459 e. The molecule has 0 aliphatic carbocycles. The standard InChI is InChI=1S/C40H68O10/c1-9-30(41)20-33-25(4)16-18-40(49-33)23-35-28(7)34(50-40)21-32(43)29(19-24(2)3)13-11-10-12-17-39(8,47)36(44)22-31(42)27(6)38(46)26(5)14-15-37(45)48-35/h13-15,24-28,30-31,33-36,38,41-42,44,46-47H,9-12,16-23H2,1-8H3/b15-14-,29-13?. The summed E-state index contributed by atoms with van der Waals surface area (Å²) in [7, 11) is 0. The maximum absolute atomic E-state index is 14.0. The molecule has 2 fully saturated rings. The summed E-state index contributed by atoms with van der Waals surface area (Å²) in [5.41, 5.74) is -0.709. The average Bonchev–Trinajstić information content (AvgIpc) is 3.05. The van der Waals surface area contributed by atoms with Gasteiger partial charge in [-0.05, 0) is 69.3 Å². The van der Waals surface area contributed by atoms with Crippen molar-refractivity contribution in [2.24, 2.45) is 29.6 Å². The minimum absolute atomic E-state index is 0.0183. The molecule has 1 spiro atoms. The van der Waals surface area contributed by atoms with Crippen molar-refractivity contribution in [2.75, 3.05) is 0 Å². The van der Waals surface area contributed by atoms with Crippen LogP contribution in [-0.4, -0.2) is 91.4 Å². The third-order valence-corrected chi connectivity index (χ3v) is 11.6. The molecule has 0 aromatic carbocycles. The lowest BCUT2D eigenvalue weighted by atomic mass is 9.80. The number of esters is 1. The van der Waals surface area contributed by atoms with Crippen molar-refractivity contribution in [2.45, 2.75) is 187 Å². The van der Waals surface area contributed by atoms with Crippen molar-refractivity contribution in [1.82, 2.24) is 0 Å². The summed E-state index contributed by atoms with van der Waals surface area (Å²) in [5, 5.41) is 54.3. The highest BCUT2D eigenvalue weighted by Gasteiger charge is 2.52. The number of hydrogen-bond acceptors (Lipinski definition) is 10. The van der Waals surface area contributed by atoms with Gasteiger partial charge in [-0.2, -0.15) is 0 Å². The van der Waals surface area contributed by atoms with Crippen LogP contribution in [0.3, 0.4) is 0 Å². The van der Waals surface area contributed by atoms with Gasteiger partial charge < -0.3 is 39.7 Å². The highest BCUT2D eigenvalue weighted by Crippen LogP contribution is 2.45. The normalized spacial score (nSPS) is 41.8. The maximum Gasteiger partial charge on any atom is 0.330 e. The second kappa shape index (κ2) is 18.9. The zero-order chi connectivity index (χ0) is 37.4. The number of carbonyl (C=O) groups is 2. The number of allylic oxidation sites excluding steroid dienone is 2. The summed E-state index contributed by atoms with van der Waals surface area (Å²) >= 11 is 0. The summed E-state index contributed by atoms with van der Waals surface area (Å²) in [4.78, 5) is 27.3. The van der Waals surface area contributed by atoms with Crippen molar-refractivity contribution in [1.29, 1.82) is 0 Å². The predicted octanol–water partition coefficient (Wildman–Crippen LogP) is 5.55. The Hall–Kier alpha value is -1.66. The molecule has 0 aromatic heterocycles. The van der Waals surface area contributed by atoms with Crippen molar-refractivity contribution in [3.05, 3.63) is 23.8 Å². The Morgan fingerprint density at radius 3 is 2.34 bits per heavy atom. The average molecular weight is 709 g/mol. The van der Waals surface area contributed by atoms with Crippen LogP contribution < -0.4 is 0 Å². The van der Waals surface area contributed by atoms with E-state index in [4.69, 9.17) is 14.2 Å². The first-order valence-corrected chi connectivity index (χ1v) is 19.3. The summed E-state index contributed by atoms with van der Waals surface area (Å²) in [6.07, 6.45) is 5.21. The number of aliphatic hydroxyl groups is 5. The molecule has 5 N–H and O–H groups in total. The quantitative estimate of drug-likeness (QED) is 0.229. The summed E-state index contributed by atoms with van der Waals surface area (Å²) in [6, 6.07) is 0. The first-order valence-electron chi connectivity index (χ1n) is 19.3. The molecule has 3 heterocycles. The molecule has 0 saturated carbocycles. The van der Waals surface area contributed by atoms with E-state index in [1.165, 1.54) is 6.08 Å². The maximum atomic E-state index is 14.0. The van der Waals surface area contributed by atoms with Gasteiger partial charge in [0.2, 0.25) is 0 Å². The van der Waals surface area contributed by atoms with Crippen LogP contribution in [0, 0.1) is 29.6 Å². The third kappa shape index (κ3) is 11.9. The van der Waals surface area contributed by atoms with Crippen LogP contribution in [0.1, 0.15) is 132 Å². The molecule has 13 atom stereocenters. The Kier molecular flexibility index (Phi) is 16.2. The molecule has 288 valence electrons. The summed E-state index contributed by atoms with van der Waals surface area (Å²) in [5.74, 6) is -2.69. The van der Waals surface area contributed by atoms with Gasteiger partial charge >= 0.3 is 5.97 Å². The Labute approximate surface area is 300 Å². The van der Waals surface area contributed by atoms with E-state index in [-0.39, 0.29) is 42.5 Å². The Morgan fingerprint density at radius 2 is 1.68 bits per heavy atom. The number of aliphatic hydroxyl groups excluding tert-OH is 4. The van der Waals surface area contributed by atoms with E-state index in [0.717, 1.165) is 12.0 Å². The lowest BCUT2D eigenvalue weighted by Crippen LogP contribution is -2.57. The summed E-state index contributed by atoms with van der Waals surface area (Å²) in [6.45, 7) is 15.1. The van der Waals surface area contributed by atoms with Crippen LogP contribution in [0.4, 0.5) is 0 Å². The molecule has 2 saturated heterocycles. The molecule has 3 aliphatic heterocycles. The molecule has 2 bridgehead atoms. The van der Waals surface area contributed by atoms with Gasteiger partial charge in [0.05, 0.1) is 42.2 Å². The van der Waals surface area contributed by atoms with Gasteiger partial charge in [0.1, 0.15) is 6.10 Å². The second-order valence-electron chi connectivity index (χ2n) is 16.5. The number of ketones is 1. The third-order valence-electron chi connectivity index (χ3n) is 11.6. The fraction of sp³-hybridized carbons (Fsp3) is 0.850. The number of carbonyl (C=O) groups excluding carboxylic acids is 2. The van der Waals surface area contributed by atoms with E-state index < -0.39 is 65.8 Å². The lowest BCUT2D eigenvalue weighted by Gasteiger charge is -2.51. The van der Waals surface area contributed by atoms with Crippen LogP contribution >= 0.6 is 0 Å². The van der Waals surface area contributed by atoms with E-state index >= 15 is 0 Å². The zero-order valence-corrected chi connectivity index (χ0v) is 31.9. The topological polar surface area (TPSA) is 163 Å². The number of rotatable bonds is 5. The van der Waals surface area contributed by atoms with Gasteiger partial charge in [-0.3, -0.25) is 4.79 Å². The SMILES string of the molecule is CCC(O)CC1OC2(CCC1C)CC1OC(=O)/C=C\C(C)C(O)C(C)C(O)CC(O)C(C)(O)CCCCC=C(CC(C)C)C(=O)CC(O2)C1C. The van der Waals surface area contributed by atoms with Gasteiger partial charge in [-0.1, -0.05) is 67.0 Å². The van der Waals surface area contributed by atoms with Crippen molar-refractivity contribution < 1.29 is 49.3 Å². The van der Waals surface area contributed by atoms with Gasteiger partial charge in [0.25, 0.3) is 0 Å². The highest BCUT2D eigenvalue weighted by atomic mass is 16.7. The molecule has 3 aliphatic rings. The lowest BCUT2D eigenvalue weighted by molar-refractivity contribution is -0.346. The summed E-state index contributed by atoms with van der Waals surface area (Å²) < 4.78 is 19.5. The van der Waals surface area contributed by atoms with Crippen LogP contribution in [0.2, 0.25) is 0 Å². The van der Waals surface area contributed by atoms with Crippen molar-refractivity contribution >= 4 is 11.8 Å². The molecule has 10 heteroatoms. The van der Waals surface area contributed by atoms with E-state index in [2.05, 4.69) is 20.8 Å². The van der Waals surface area contributed by atoms with Crippen LogP contribution in [-0.2, 0) is 23.8 Å². The smallest absolute Gasteiger partial charge is 0.330 e. The van der Waals surface area contributed by atoms with E-state index in [1.807, 2.05) is 19.9 Å². The highest BCUT2D eigenvalue weighted by molar-refractivity contribution is 5.95. The molecule has 0 aromatic rings. The van der Waals surface area contributed by atoms with Gasteiger partial charge in [-0.15, -0.1) is 0 Å². The number of Topliss-reactive ketones (excluding diaryl/α,β-unsaturated/α-hetero) is 1. The number of fused-ring (bicyclic) bond motifs is 2. The molecule has 50 heavy (non-hydrogen) atoms. The first-order chi connectivity index (χ1) is 23.4. The Morgan fingerprint density at radius 1 is 0.980 bits per heavy atom. The first kappa shape index (κ1) is 42.8. The predicted molar refractivity (Wildman–Crippen MR) is 192 cm³/mol. The second-order valence-corrected chi connectivity index (χ2v) is 16.5. The number of hydrogen-bond donors (Lipinski definition) is 5. The zero-order valence-electron chi connectivity index (χ0n) is 31.9. The minimum Gasteiger partial charge on any atom is -0.459 e. The minimum atomic E-state index is -1.44. The Balaban J connectivity index is 1.96. The van der Waals surface area contributed by atoms with E-state index in [1.54, 1.807) is 26.8 Å². The van der Waals surface area contributed by atoms with Crippen LogP contribution in [0.15, 0.2) is 23.8 Å². The van der Waals surface area contributed by atoms with Gasteiger partial charge in [-0.25, -0.2) is 4.79 Å². The van der Waals surface area contributed by atoms with Crippen LogP contribution in [0.25, 0.3) is 0 Å². The van der Waals surface area contributed by atoms with Gasteiger partial charge in [0.15, 0.2) is 11.6 Å². The fourth-order valence-corrected chi connectivity index (χ4v) is 7.65. The Bertz CT molecular complexity index is 1150. The van der Waals surface area contributed by atoms with Crippen molar-refractivity contribution in [3.63, 3.8) is 0 Å². The molecule has 10 nitrogen and oxygen atoms in total. The number of ether oxygens (including phenoxy) is 3.